The second kappa shape index (κ2) is 5.94. The van der Waals surface area contributed by atoms with E-state index in [1.807, 2.05) is 53.4 Å². The zero-order chi connectivity index (χ0) is 18.4. The maximum absolute atomic E-state index is 12.8. The van der Waals surface area contributed by atoms with E-state index in [0.29, 0.717) is 37.2 Å². The number of benzene rings is 2. The number of fused-ring (bicyclic) bond motifs is 3. The van der Waals surface area contributed by atoms with Crippen LogP contribution in [0.1, 0.15) is 24.1 Å². The van der Waals surface area contributed by atoms with Gasteiger partial charge in [-0.2, -0.15) is 0 Å². The molecule has 1 spiro atoms. The largest absolute Gasteiger partial charge is 0.356 e. The lowest BCUT2D eigenvalue weighted by molar-refractivity contribution is -0.134. The molecular formula is C21H19N3O3. The molecule has 2 aromatic carbocycles. The first-order chi connectivity index (χ1) is 13.2. The van der Waals surface area contributed by atoms with E-state index in [2.05, 4.69) is 10.5 Å². The average Bonchev–Trinajstić information content (AvgIpc) is 3.22. The number of amides is 2. The Hall–Kier alpha value is -3.15. The van der Waals surface area contributed by atoms with Gasteiger partial charge in [0.25, 0.3) is 0 Å². The first-order valence-electron chi connectivity index (χ1n) is 9.19. The highest BCUT2D eigenvalue weighted by Crippen LogP contribution is 2.44. The van der Waals surface area contributed by atoms with Crippen molar-refractivity contribution in [1.29, 1.82) is 0 Å². The van der Waals surface area contributed by atoms with E-state index in [0.717, 1.165) is 16.6 Å². The second-order valence-electron chi connectivity index (χ2n) is 7.26. The zero-order valence-corrected chi connectivity index (χ0v) is 14.8. The fourth-order valence-electron chi connectivity index (χ4n) is 4.33. The number of aromatic nitrogens is 1. The molecular weight excluding hydrogens is 342 g/mol. The molecule has 5 rings (SSSR count). The van der Waals surface area contributed by atoms with Gasteiger partial charge >= 0.3 is 0 Å². The molecule has 27 heavy (non-hydrogen) atoms. The third kappa shape index (κ3) is 2.44. The summed E-state index contributed by atoms with van der Waals surface area (Å²) in [5.41, 5.74) is 2.81. The number of likely N-dealkylation sites (tertiary alicyclic amines) is 1. The van der Waals surface area contributed by atoms with Crippen molar-refractivity contribution in [2.24, 2.45) is 0 Å². The molecule has 0 atom stereocenters. The number of carbonyl (C=O) groups is 2. The van der Waals surface area contributed by atoms with Crippen molar-refractivity contribution in [2.75, 3.05) is 18.4 Å². The summed E-state index contributed by atoms with van der Waals surface area (Å²) in [6.07, 6.45) is 1.50. The molecule has 6 nitrogen and oxygen atoms in total. The minimum Gasteiger partial charge on any atom is -0.356 e. The van der Waals surface area contributed by atoms with Gasteiger partial charge in [0.1, 0.15) is 5.69 Å². The van der Waals surface area contributed by atoms with Crippen molar-refractivity contribution in [1.82, 2.24) is 10.1 Å². The van der Waals surface area contributed by atoms with E-state index in [9.17, 15) is 9.59 Å². The van der Waals surface area contributed by atoms with Crippen LogP contribution in [0.2, 0.25) is 0 Å². The number of rotatable bonds is 2. The Balaban J connectivity index is 1.32. The van der Waals surface area contributed by atoms with Crippen molar-refractivity contribution < 1.29 is 14.1 Å². The number of para-hydroxylation sites is 2. The van der Waals surface area contributed by atoms with Crippen LogP contribution in [-0.4, -0.2) is 35.0 Å². The molecule has 2 aliphatic heterocycles. The quantitative estimate of drug-likeness (QED) is 0.762. The van der Waals surface area contributed by atoms with Gasteiger partial charge in [-0.05, 0) is 36.6 Å². The maximum Gasteiger partial charge on any atom is 0.235 e. The molecule has 1 fully saturated rings. The van der Waals surface area contributed by atoms with Crippen molar-refractivity contribution in [3.63, 3.8) is 0 Å². The lowest BCUT2D eigenvalue weighted by Crippen LogP contribution is -2.48. The van der Waals surface area contributed by atoms with E-state index in [1.165, 1.54) is 0 Å². The fraction of sp³-hybridized carbons (Fsp3) is 0.286. The highest BCUT2D eigenvalue weighted by atomic mass is 16.5. The number of piperidine rings is 1. The third-order valence-corrected chi connectivity index (χ3v) is 5.87. The van der Waals surface area contributed by atoms with E-state index >= 15 is 0 Å². The van der Waals surface area contributed by atoms with Crippen LogP contribution in [0.25, 0.3) is 11.0 Å². The van der Waals surface area contributed by atoms with Crippen LogP contribution in [0.3, 0.4) is 0 Å². The monoisotopic (exact) mass is 361 g/mol. The van der Waals surface area contributed by atoms with Crippen molar-refractivity contribution >= 4 is 28.5 Å². The lowest BCUT2D eigenvalue weighted by Gasteiger charge is -2.38. The summed E-state index contributed by atoms with van der Waals surface area (Å²) in [7, 11) is 0. The van der Waals surface area contributed by atoms with E-state index in [1.54, 1.807) is 0 Å². The molecule has 3 heterocycles. The van der Waals surface area contributed by atoms with Gasteiger partial charge in [0.2, 0.25) is 11.8 Å². The summed E-state index contributed by atoms with van der Waals surface area (Å²) in [5, 5.41) is 7.93. The number of hydrogen-bond donors (Lipinski definition) is 1. The molecule has 3 aromatic rings. The van der Waals surface area contributed by atoms with Gasteiger partial charge in [-0.25, -0.2) is 0 Å². The normalized spacial score (nSPS) is 17.9. The van der Waals surface area contributed by atoms with Crippen LogP contribution in [0.15, 0.2) is 53.1 Å². The molecule has 0 radical (unpaired) electrons. The van der Waals surface area contributed by atoms with Gasteiger partial charge in [-0.15, -0.1) is 0 Å². The summed E-state index contributed by atoms with van der Waals surface area (Å²) in [4.78, 5) is 27.3. The summed E-state index contributed by atoms with van der Waals surface area (Å²) < 4.78 is 5.29. The summed E-state index contributed by atoms with van der Waals surface area (Å²) >= 11 is 0. The highest BCUT2D eigenvalue weighted by molar-refractivity contribution is 6.06. The van der Waals surface area contributed by atoms with E-state index in [-0.39, 0.29) is 18.2 Å². The SMILES string of the molecule is O=C(Cc1noc2ccccc12)N1CCC2(CC1)C(=O)Nc1ccccc12. The number of hydrogen-bond acceptors (Lipinski definition) is 4. The molecule has 2 amide bonds. The van der Waals surface area contributed by atoms with Gasteiger partial charge in [-0.1, -0.05) is 35.5 Å². The molecule has 0 unspecified atom stereocenters. The van der Waals surface area contributed by atoms with Crippen LogP contribution in [-0.2, 0) is 21.4 Å². The second-order valence-corrected chi connectivity index (χ2v) is 7.26. The molecule has 0 aliphatic carbocycles. The standard InChI is InChI=1S/C21H19N3O3/c25-19(13-17-14-5-1-4-8-18(14)27-23-17)24-11-9-21(10-12-24)15-6-2-3-7-16(15)22-20(21)26/h1-8H,9-13H2,(H,22,26). The molecule has 136 valence electrons. The van der Waals surface area contributed by atoms with E-state index < -0.39 is 5.41 Å². The first-order valence-corrected chi connectivity index (χ1v) is 9.19. The summed E-state index contributed by atoms with van der Waals surface area (Å²) in [6.45, 7) is 1.13. The Morgan fingerprint density at radius 2 is 1.85 bits per heavy atom. The Labute approximate surface area is 156 Å². The summed E-state index contributed by atoms with van der Waals surface area (Å²) in [6, 6.07) is 15.4. The number of nitrogens with zero attached hydrogens (tertiary/aromatic N) is 2. The van der Waals surface area contributed by atoms with Crippen LogP contribution in [0.5, 0.6) is 0 Å². The zero-order valence-electron chi connectivity index (χ0n) is 14.8. The highest BCUT2D eigenvalue weighted by Gasteiger charge is 2.48. The summed E-state index contributed by atoms with van der Waals surface area (Å²) in [5.74, 6) is 0.0777. The molecule has 1 aromatic heterocycles. The van der Waals surface area contributed by atoms with Gasteiger partial charge in [0.05, 0.1) is 11.8 Å². The van der Waals surface area contributed by atoms with Crippen molar-refractivity contribution in [3.05, 3.63) is 59.8 Å². The molecule has 2 aliphatic rings. The fourth-order valence-corrected chi connectivity index (χ4v) is 4.33. The van der Waals surface area contributed by atoms with Gasteiger partial charge < -0.3 is 14.7 Å². The molecule has 1 N–H and O–H groups in total. The van der Waals surface area contributed by atoms with Crippen molar-refractivity contribution in [3.8, 4) is 0 Å². The van der Waals surface area contributed by atoms with E-state index in [4.69, 9.17) is 4.52 Å². The molecule has 1 saturated heterocycles. The first kappa shape index (κ1) is 16.1. The van der Waals surface area contributed by atoms with Crippen molar-refractivity contribution in [2.45, 2.75) is 24.7 Å². The predicted octanol–water partition coefficient (Wildman–Crippen LogP) is 2.88. The minimum absolute atomic E-state index is 0.0237. The molecule has 0 saturated carbocycles. The van der Waals surface area contributed by atoms with Crippen LogP contribution >= 0.6 is 0 Å². The Kier molecular flexibility index (Phi) is 3.53. The van der Waals surface area contributed by atoms with Gasteiger partial charge in [-0.3, -0.25) is 9.59 Å². The topological polar surface area (TPSA) is 75.4 Å². The van der Waals surface area contributed by atoms with Crippen LogP contribution < -0.4 is 5.32 Å². The maximum atomic E-state index is 12.8. The van der Waals surface area contributed by atoms with Crippen LogP contribution in [0.4, 0.5) is 5.69 Å². The number of anilines is 1. The number of carbonyl (C=O) groups excluding carboxylic acids is 2. The van der Waals surface area contributed by atoms with Gasteiger partial charge in [0.15, 0.2) is 5.58 Å². The Morgan fingerprint density at radius 1 is 1.11 bits per heavy atom. The minimum atomic E-state index is -0.506. The van der Waals surface area contributed by atoms with Crippen LogP contribution in [0, 0.1) is 0 Å². The molecule has 6 heteroatoms. The third-order valence-electron chi connectivity index (χ3n) is 5.87. The lowest BCUT2D eigenvalue weighted by atomic mass is 9.73. The Morgan fingerprint density at radius 3 is 2.70 bits per heavy atom. The predicted molar refractivity (Wildman–Crippen MR) is 100 cm³/mol. The smallest absolute Gasteiger partial charge is 0.235 e. The average molecular weight is 361 g/mol. The Bertz CT molecular complexity index is 1050. The number of nitrogens with one attached hydrogen (secondary N) is 1. The molecule has 0 bridgehead atoms. The van der Waals surface area contributed by atoms with Gasteiger partial charge in [0, 0.05) is 24.2 Å².